The third kappa shape index (κ3) is 15.5. The molecule has 0 amide bonds. The molecule has 0 aromatic carbocycles. The molecule has 0 aliphatic heterocycles. The minimum atomic E-state index is -2.28. The van der Waals surface area contributed by atoms with Gasteiger partial charge in [-0.3, -0.25) is 14.4 Å². The first-order valence-electron chi connectivity index (χ1n) is 15.8. The minimum absolute atomic E-state index is 0.0726. The fourth-order valence-electron chi connectivity index (χ4n) is 5.76. The highest BCUT2D eigenvalue weighted by Gasteiger charge is 2.47. The Balaban J connectivity index is 5.31. The van der Waals surface area contributed by atoms with Gasteiger partial charge in [-0.1, -0.05) is 80.6 Å². The average Bonchev–Trinajstić information content (AvgIpc) is 2.81. The SMILES string of the molecule is CCCCC[C@H](OC(C)=O)[C@@H](C=CC(=O)CCCCCCCC(=O)OC(C)(C)C)O[Si](C(C)C)(C(C)C)C(C)C. The van der Waals surface area contributed by atoms with Crippen LogP contribution in [0.2, 0.25) is 16.6 Å². The van der Waals surface area contributed by atoms with Crippen molar-refractivity contribution in [3.8, 4) is 0 Å². The molecule has 0 saturated carbocycles. The molecule has 2 atom stereocenters. The van der Waals surface area contributed by atoms with Crippen LogP contribution in [0, 0.1) is 0 Å². The van der Waals surface area contributed by atoms with Crippen LogP contribution in [0.4, 0.5) is 0 Å². The quantitative estimate of drug-likeness (QED) is 0.0581. The van der Waals surface area contributed by atoms with Crippen LogP contribution in [0.25, 0.3) is 0 Å². The number of rotatable bonds is 21. The lowest BCUT2D eigenvalue weighted by atomic mass is 10.0. The van der Waals surface area contributed by atoms with Crippen molar-refractivity contribution in [3.63, 3.8) is 0 Å². The molecule has 6 nitrogen and oxygen atoms in total. The summed E-state index contributed by atoms with van der Waals surface area (Å²) in [5.74, 6) is -0.387. The van der Waals surface area contributed by atoms with E-state index in [0.29, 0.717) is 29.5 Å². The maximum absolute atomic E-state index is 12.8. The molecule has 0 aliphatic rings. The van der Waals surface area contributed by atoms with E-state index < -0.39 is 26.1 Å². The fourth-order valence-corrected chi connectivity index (χ4v) is 11.3. The maximum atomic E-state index is 12.8. The Kier molecular flexibility index (Phi) is 18.9. The predicted molar refractivity (Wildman–Crippen MR) is 168 cm³/mol. The number of hydrogen-bond donors (Lipinski definition) is 0. The Bertz CT molecular complexity index is 744. The number of carbonyl (C=O) groups excluding carboxylic acids is 3. The number of unbranched alkanes of at least 4 members (excludes halogenated alkanes) is 6. The molecule has 0 N–H and O–H groups in total. The largest absolute Gasteiger partial charge is 0.460 e. The van der Waals surface area contributed by atoms with Crippen molar-refractivity contribution in [2.24, 2.45) is 0 Å². The van der Waals surface area contributed by atoms with Gasteiger partial charge in [-0.25, -0.2) is 0 Å². The summed E-state index contributed by atoms with van der Waals surface area (Å²) in [6, 6.07) is 0. The van der Waals surface area contributed by atoms with E-state index in [9.17, 15) is 14.4 Å². The Hall–Kier alpha value is -1.47. The maximum Gasteiger partial charge on any atom is 0.306 e. The van der Waals surface area contributed by atoms with Gasteiger partial charge >= 0.3 is 11.9 Å². The van der Waals surface area contributed by atoms with Gasteiger partial charge in [-0.05, 0) is 75.2 Å². The summed E-state index contributed by atoms with van der Waals surface area (Å²) in [6.07, 6.45) is 11.9. The number of esters is 2. The molecule has 0 aromatic rings. The van der Waals surface area contributed by atoms with E-state index >= 15 is 0 Å². The van der Waals surface area contributed by atoms with Crippen LogP contribution in [0.1, 0.15) is 147 Å². The summed E-state index contributed by atoms with van der Waals surface area (Å²) in [4.78, 5) is 36.7. The number of carbonyl (C=O) groups is 3. The van der Waals surface area contributed by atoms with Gasteiger partial charge in [0.15, 0.2) is 5.78 Å². The first-order valence-corrected chi connectivity index (χ1v) is 18.0. The van der Waals surface area contributed by atoms with Crippen LogP contribution in [0.5, 0.6) is 0 Å². The van der Waals surface area contributed by atoms with Crippen molar-refractivity contribution in [3.05, 3.63) is 12.2 Å². The summed E-state index contributed by atoms with van der Waals surface area (Å²) in [6.45, 7) is 22.7. The van der Waals surface area contributed by atoms with Crippen molar-refractivity contribution in [1.82, 2.24) is 0 Å². The van der Waals surface area contributed by atoms with Gasteiger partial charge < -0.3 is 13.9 Å². The van der Waals surface area contributed by atoms with E-state index in [0.717, 1.165) is 57.8 Å². The van der Waals surface area contributed by atoms with Crippen LogP contribution in [0.3, 0.4) is 0 Å². The number of ether oxygens (including phenoxy) is 2. The molecular weight excluding hydrogens is 520 g/mol. The van der Waals surface area contributed by atoms with Gasteiger partial charge in [-0.15, -0.1) is 0 Å². The molecule has 0 bridgehead atoms. The van der Waals surface area contributed by atoms with Crippen LogP contribution < -0.4 is 0 Å². The molecule has 234 valence electrons. The van der Waals surface area contributed by atoms with E-state index in [1.165, 1.54) is 6.92 Å². The van der Waals surface area contributed by atoms with Gasteiger partial charge in [0, 0.05) is 19.8 Å². The zero-order valence-electron chi connectivity index (χ0n) is 27.8. The van der Waals surface area contributed by atoms with Crippen LogP contribution in [-0.4, -0.2) is 43.8 Å². The molecule has 0 aromatic heterocycles. The Morgan fingerprint density at radius 3 is 1.77 bits per heavy atom. The van der Waals surface area contributed by atoms with Crippen LogP contribution in [0.15, 0.2) is 12.2 Å². The molecule has 0 heterocycles. The van der Waals surface area contributed by atoms with E-state index in [2.05, 4.69) is 48.5 Å². The Labute approximate surface area is 247 Å². The zero-order chi connectivity index (χ0) is 30.9. The van der Waals surface area contributed by atoms with Crippen molar-refractivity contribution < 1.29 is 28.3 Å². The predicted octanol–water partition coefficient (Wildman–Crippen LogP) is 9.26. The van der Waals surface area contributed by atoms with Crippen molar-refractivity contribution >= 4 is 26.0 Å². The lowest BCUT2D eigenvalue weighted by Crippen LogP contribution is -2.52. The molecule has 40 heavy (non-hydrogen) atoms. The molecule has 0 saturated heterocycles. The summed E-state index contributed by atoms with van der Waals surface area (Å²) in [7, 11) is -2.28. The molecule has 0 aliphatic carbocycles. The topological polar surface area (TPSA) is 78.9 Å². The molecule has 0 radical (unpaired) electrons. The van der Waals surface area contributed by atoms with E-state index in [1.54, 1.807) is 6.08 Å². The summed E-state index contributed by atoms with van der Waals surface area (Å²) in [5, 5.41) is 0. The monoisotopic (exact) mass is 582 g/mol. The molecule has 0 fully saturated rings. The second-order valence-electron chi connectivity index (χ2n) is 13.2. The lowest BCUT2D eigenvalue weighted by molar-refractivity contribution is -0.155. The second-order valence-corrected chi connectivity index (χ2v) is 18.6. The normalized spacial score (nSPS) is 14.2. The van der Waals surface area contributed by atoms with E-state index in [-0.39, 0.29) is 17.7 Å². The third-order valence-corrected chi connectivity index (χ3v) is 13.6. The summed E-state index contributed by atoms with van der Waals surface area (Å²) >= 11 is 0. The fraction of sp³-hybridized carbons (Fsp3) is 0.848. The zero-order valence-corrected chi connectivity index (χ0v) is 28.8. The van der Waals surface area contributed by atoms with Gasteiger partial charge in [0.05, 0.1) is 0 Å². The first kappa shape index (κ1) is 38.5. The van der Waals surface area contributed by atoms with Gasteiger partial charge in [0.2, 0.25) is 8.32 Å². The van der Waals surface area contributed by atoms with Gasteiger partial charge in [-0.2, -0.15) is 0 Å². The molecule has 0 spiro atoms. The highest BCUT2D eigenvalue weighted by atomic mass is 28.4. The molecule has 0 unspecified atom stereocenters. The smallest absolute Gasteiger partial charge is 0.306 e. The van der Waals surface area contributed by atoms with Crippen molar-refractivity contribution in [2.45, 2.75) is 181 Å². The van der Waals surface area contributed by atoms with Crippen LogP contribution in [-0.2, 0) is 28.3 Å². The van der Waals surface area contributed by atoms with E-state index in [4.69, 9.17) is 13.9 Å². The van der Waals surface area contributed by atoms with Crippen molar-refractivity contribution in [1.29, 1.82) is 0 Å². The number of ketones is 1. The first-order chi connectivity index (χ1) is 18.6. The van der Waals surface area contributed by atoms with Gasteiger partial charge in [0.25, 0.3) is 0 Å². The second kappa shape index (κ2) is 19.6. The number of allylic oxidation sites excluding steroid dienone is 1. The molecular formula is C33H62O6Si. The Morgan fingerprint density at radius 2 is 1.30 bits per heavy atom. The molecule has 0 rings (SSSR count). The van der Waals surface area contributed by atoms with Crippen molar-refractivity contribution in [2.75, 3.05) is 0 Å². The highest BCUT2D eigenvalue weighted by molar-refractivity contribution is 6.77. The number of hydrogen-bond acceptors (Lipinski definition) is 6. The average molecular weight is 583 g/mol. The van der Waals surface area contributed by atoms with Crippen LogP contribution >= 0.6 is 0 Å². The van der Waals surface area contributed by atoms with E-state index in [1.807, 2.05) is 26.8 Å². The Morgan fingerprint density at radius 1 is 0.775 bits per heavy atom. The van der Waals surface area contributed by atoms with Gasteiger partial charge in [0.1, 0.15) is 17.8 Å². The standard InChI is InChI=1S/C33H62O6Si/c1-12-13-17-21-30(37-28(8)34)31(39-40(25(2)3,26(4)5)27(6)7)24-23-29(35)20-18-15-14-16-19-22-32(36)38-33(9,10)11/h23-27,30-31H,12-22H2,1-11H3/t30-,31+/m0/s1. The lowest BCUT2D eigenvalue weighted by Gasteiger charge is -2.45. The third-order valence-electron chi connectivity index (χ3n) is 7.52. The highest BCUT2D eigenvalue weighted by Crippen LogP contribution is 2.43. The summed E-state index contributed by atoms with van der Waals surface area (Å²) in [5.41, 5.74) is 0.694. The summed E-state index contributed by atoms with van der Waals surface area (Å²) < 4.78 is 18.2. The molecule has 7 heteroatoms. The minimum Gasteiger partial charge on any atom is -0.460 e.